The van der Waals surface area contributed by atoms with Crippen LogP contribution in [-0.4, -0.2) is 39.9 Å². The largest absolute Gasteiger partial charge is 0.453 e. The van der Waals surface area contributed by atoms with Crippen molar-refractivity contribution in [3.05, 3.63) is 119 Å². The van der Waals surface area contributed by atoms with Gasteiger partial charge in [0.05, 0.1) is 23.8 Å². The number of aromatic nitrogens is 1. The lowest BCUT2D eigenvalue weighted by Gasteiger charge is -2.36. The lowest BCUT2D eigenvalue weighted by molar-refractivity contribution is -0.245. The summed E-state index contributed by atoms with van der Waals surface area (Å²) in [6.07, 6.45) is 0.820. The minimum Gasteiger partial charge on any atom is -0.453 e. The van der Waals surface area contributed by atoms with Crippen molar-refractivity contribution in [1.29, 1.82) is 0 Å². The minimum atomic E-state index is -0.864. The van der Waals surface area contributed by atoms with Gasteiger partial charge in [0.2, 0.25) is 0 Å². The zero-order valence-corrected chi connectivity index (χ0v) is 25.5. The first-order valence-electron chi connectivity index (χ1n) is 14.6. The molecule has 9 heteroatoms. The standard InChI is InChI=1S/C35H36N2O6S/c1-23(41-24(2)39)34(40)37-20-29-7-3-4-8-31(29)26-14-16-28(17-15-26)35-42-30(22-44-33-9-5-6-18-36-33)19-32(43-35)27-12-10-25(21-38)11-13-27/h3-18,23,30,32,35,38H,19-22H2,1-2H3,(H,37,40). The first kappa shape index (κ1) is 31.4. The fraction of sp³-hybridized carbons (Fsp3) is 0.286. The zero-order valence-electron chi connectivity index (χ0n) is 24.7. The maximum Gasteiger partial charge on any atom is 0.303 e. The molecule has 228 valence electrons. The summed E-state index contributed by atoms with van der Waals surface area (Å²) in [7, 11) is 0. The molecular formula is C35H36N2O6S. The van der Waals surface area contributed by atoms with Gasteiger partial charge in [0.1, 0.15) is 0 Å². The Morgan fingerprint density at radius 3 is 2.41 bits per heavy atom. The summed E-state index contributed by atoms with van der Waals surface area (Å²) < 4.78 is 18.0. The van der Waals surface area contributed by atoms with Gasteiger partial charge in [-0.3, -0.25) is 9.59 Å². The third-order valence-corrected chi connectivity index (χ3v) is 8.42. The molecule has 4 aromatic rings. The molecule has 0 aliphatic carbocycles. The number of nitrogens with zero attached hydrogens (tertiary/aromatic N) is 1. The van der Waals surface area contributed by atoms with Gasteiger partial charge in [0.15, 0.2) is 12.4 Å². The first-order chi connectivity index (χ1) is 21.4. The highest BCUT2D eigenvalue weighted by Crippen LogP contribution is 2.40. The van der Waals surface area contributed by atoms with Crippen LogP contribution in [0.1, 0.15) is 54.9 Å². The summed E-state index contributed by atoms with van der Waals surface area (Å²) in [5.74, 6) is -0.119. The van der Waals surface area contributed by atoms with Gasteiger partial charge in [0.25, 0.3) is 5.91 Å². The minimum absolute atomic E-state index is 0.00384. The second-order valence-electron chi connectivity index (χ2n) is 10.6. The molecule has 5 rings (SSSR count). The van der Waals surface area contributed by atoms with Crippen LogP contribution in [0, 0.1) is 0 Å². The van der Waals surface area contributed by atoms with Crippen molar-refractivity contribution in [2.24, 2.45) is 0 Å². The van der Waals surface area contributed by atoms with Crippen LogP contribution in [0.5, 0.6) is 0 Å². The molecule has 1 saturated heterocycles. The molecule has 2 heterocycles. The monoisotopic (exact) mass is 612 g/mol. The van der Waals surface area contributed by atoms with Crippen LogP contribution in [0.3, 0.4) is 0 Å². The molecule has 1 aromatic heterocycles. The van der Waals surface area contributed by atoms with Gasteiger partial charge in [-0.1, -0.05) is 78.9 Å². The van der Waals surface area contributed by atoms with Crippen molar-refractivity contribution < 1.29 is 28.9 Å². The summed E-state index contributed by atoms with van der Waals surface area (Å²) >= 11 is 1.66. The van der Waals surface area contributed by atoms with Crippen LogP contribution < -0.4 is 5.32 Å². The first-order valence-corrected chi connectivity index (χ1v) is 15.6. The summed E-state index contributed by atoms with van der Waals surface area (Å²) in [6.45, 7) is 3.12. The molecule has 0 spiro atoms. The molecule has 0 saturated carbocycles. The van der Waals surface area contributed by atoms with Crippen molar-refractivity contribution in [2.45, 2.75) is 63.0 Å². The molecule has 3 aromatic carbocycles. The van der Waals surface area contributed by atoms with Crippen LogP contribution in [0.15, 0.2) is 102 Å². The molecule has 4 atom stereocenters. The van der Waals surface area contributed by atoms with Crippen molar-refractivity contribution >= 4 is 23.6 Å². The Morgan fingerprint density at radius 2 is 1.70 bits per heavy atom. The van der Waals surface area contributed by atoms with Crippen molar-refractivity contribution in [3.8, 4) is 11.1 Å². The molecule has 44 heavy (non-hydrogen) atoms. The maximum atomic E-state index is 12.4. The van der Waals surface area contributed by atoms with Gasteiger partial charge in [-0.25, -0.2) is 4.98 Å². The molecule has 2 N–H and O–H groups in total. The quantitative estimate of drug-likeness (QED) is 0.154. The number of benzene rings is 3. The molecule has 0 radical (unpaired) electrons. The fourth-order valence-electron chi connectivity index (χ4n) is 5.04. The highest BCUT2D eigenvalue weighted by molar-refractivity contribution is 7.99. The van der Waals surface area contributed by atoms with E-state index in [9.17, 15) is 14.7 Å². The fourth-order valence-corrected chi connectivity index (χ4v) is 5.92. The van der Waals surface area contributed by atoms with E-state index in [0.717, 1.165) is 44.2 Å². The molecule has 0 bridgehead atoms. The number of hydrogen-bond donors (Lipinski definition) is 2. The molecule has 8 nitrogen and oxygen atoms in total. The summed E-state index contributed by atoms with van der Waals surface area (Å²) in [5.41, 5.74) is 5.70. The third kappa shape index (κ3) is 8.33. The Kier molecular flexibility index (Phi) is 10.8. The topological polar surface area (TPSA) is 107 Å². The zero-order chi connectivity index (χ0) is 30.9. The average Bonchev–Trinajstić information content (AvgIpc) is 3.06. The van der Waals surface area contributed by atoms with E-state index in [4.69, 9.17) is 14.2 Å². The van der Waals surface area contributed by atoms with E-state index >= 15 is 0 Å². The molecule has 1 fully saturated rings. The van der Waals surface area contributed by atoms with E-state index < -0.39 is 18.4 Å². The number of esters is 1. The highest BCUT2D eigenvalue weighted by Gasteiger charge is 2.32. The number of hydrogen-bond acceptors (Lipinski definition) is 8. The van der Waals surface area contributed by atoms with Gasteiger partial charge in [0, 0.05) is 37.4 Å². The Bertz CT molecular complexity index is 1530. The van der Waals surface area contributed by atoms with Crippen molar-refractivity contribution in [1.82, 2.24) is 10.3 Å². The van der Waals surface area contributed by atoms with Gasteiger partial charge in [-0.2, -0.15) is 0 Å². The number of aliphatic hydroxyl groups excluding tert-OH is 1. The van der Waals surface area contributed by atoms with Crippen LogP contribution in [-0.2, 0) is 37.0 Å². The lowest BCUT2D eigenvalue weighted by Crippen LogP contribution is -2.35. The summed E-state index contributed by atoms with van der Waals surface area (Å²) in [6, 6.07) is 29.7. The Labute approximate surface area is 261 Å². The SMILES string of the molecule is CC(=O)OC(C)C(=O)NCc1ccccc1-c1ccc(C2OC(CSc3ccccn3)CC(c3ccc(CO)cc3)O2)cc1. The number of ether oxygens (including phenoxy) is 3. The van der Waals surface area contributed by atoms with E-state index in [1.807, 2.05) is 91.0 Å². The smallest absolute Gasteiger partial charge is 0.303 e. The Balaban J connectivity index is 1.31. The van der Waals surface area contributed by atoms with Crippen molar-refractivity contribution in [3.63, 3.8) is 0 Å². The third-order valence-electron chi connectivity index (χ3n) is 7.35. The predicted octanol–water partition coefficient (Wildman–Crippen LogP) is 6.15. The van der Waals surface area contributed by atoms with Crippen LogP contribution in [0.4, 0.5) is 0 Å². The molecular weight excluding hydrogens is 576 g/mol. The van der Waals surface area contributed by atoms with E-state index in [1.165, 1.54) is 6.92 Å². The lowest BCUT2D eigenvalue weighted by atomic mass is 9.97. The molecule has 1 aliphatic heterocycles. The molecule has 1 amide bonds. The summed E-state index contributed by atoms with van der Waals surface area (Å²) in [4.78, 5) is 28.0. The second kappa shape index (κ2) is 15.1. The number of carbonyl (C=O) groups excluding carboxylic acids is 2. The summed E-state index contributed by atoms with van der Waals surface area (Å²) in [5, 5.41) is 13.3. The van der Waals surface area contributed by atoms with Crippen molar-refractivity contribution in [2.75, 3.05) is 5.75 Å². The number of pyridine rings is 1. The second-order valence-corrected chi connectivity index (χ2v) is 11.6. The van der Waals surface area contributed by atoms with Gasteiger partial charge in [-0.15, -0.1) is 11.8 Å². The van der Waals surface area contributed by atoms with Crippen LogP contribution >= 0.6 is 11.8 Å². The average molecular weight is 613 g/mol. The predicted molar refractivity (Wildman–Crippen MR) is 168 cm³/mol. The van der Waals surface area contributed by atoms with Gasteiger partial charge in [-0.05, 0) is 46.9 Å². The van der Waals surface area contributed by atoms with E-state index in [2.05, 4.69) is 10.3 Å². The van der Waals surface area contributed by atoms with E-state index in [1.54, 1.807) is 24.9 Å². The van der Waals surface area contributed by atoms with Gasteiger partial charge < -0.3 is 24.6 Å². The highest BCUT2D eigenvalue weighted by atomic mass is 32.2. The maximum absolute atomic E-state index is 12.4. The Hall–Kier alpha value is -4.02. The Morgan fingerprint density at radius 1 is 0.977 bits per heavy atom. The number of nitrogens with one attached hydrogen (secondary N) is 1. The van der Waals surface area contributed by atoms with Crippen LogP contribution in [0.2, 0.25) is 0 Å². The number of amides is 1. The van der Waals surface area contributed by atoms with Crippen LogP contribution in [0.25, 0.3) is 11.1 Å². The number of rotatable bonds is 11. The number of carbonyl (C=O) groups is 2. The van der Waals surface area contributed by atoms with E-state index in [-0.39, 0.29) is 24.7 Å². The molecule has 1 aliphatic rings. The number of thioether (sulfide) groups is 1. The van der Waals surface area contributed by atoms with Gasteiger partial charge >= 0.3 is 5.97 Å². The number of aliphatic hydroxyl groups is 1. The normalized spacial score (nSPS) is 18.8. The molecule has 4 unspecified atom stereocenters. The van der Waals surface area contributed by atoms with E-state index in [0.29, 0.717) is 13.0 Å².